The Kier molecular flexibility index (Phi) is 5.35. The van der Waals surface area contributed by atoms with Crippen molar-refractivity contribution < 1.29 is 9.84 Å². The summed E-state index contributed by atoms with van der Waals surface area (Å²) in [6, 6.07) is 11.5. The Morgan fingerprint density at radius 1 is 1.26 bits per heavy atom. The molecule has 1 atom stereocenters. The molecule has 0 spiro atoms. The number of aliphatic hydroxyl groups excluding tert-OH is 1. The molecule has 23 heavy (non-hydrogen) atoms. The van der Waals surface area contributed by atoms with Crippen LogP contribution in [0.3, 0.4) is 0 Å². The zero-order chi connectivity index (χ0) is 16.8. The van der Waals surface area contributed by atoms with Crippen LogP contribution in [0.4, 0.5) is 0 Å². The van der Waals surface area contributed by atoms with E-state index >= 15 is 0 Å². The van der Waals surface area contributed by atoms with E-state index in [1.807, 2.05) is 36.4 Å². The zero-order valence-electron chi connectivity index (χ0n) is 13.1. The van der Waals surface area contributed by atoms with Crippen LogP contribution in [0.2, 0.25) is 0 Å². The molecule has 1 aromatic carbocycles. The van der Waals surface area contributed by atoms with Crippen LogP contribution in [-0.2, 0) is 6.54 Å². The van der Waals surface area contributed by atoms with E-state index in [1.54, 1.807) is 0 Å². The van der Waals surface area contributed by atoms with Crippen molar-refractivity contribution in [3.05, 3.63) is 47.5 Å². The van der Waals surface area contributed by atoms with Gasteiger partial charge in [0.05, 0.1) is 12.9 Å². The second-order valence-corrected chi connectivity index (χ2v) is 5.48. The van der Waals surface area contributed by atoms with Crippen molar-refractivity contribution in [2.45, 2.75) is 32.4 Å². The van der Waals surface area contributed by atoms with Gasteiger partial charge in [-0.15, -0.1) is 0 Å². The van der Waals surface area contributed by atoms with Crippen LogP contribution >= 0.6 is 0 Å². The quantitative estimate of drug-likeness (QED) is 0.882. The summed E-state index contributed by atoms with van der Waals surface area (Å²) in [7, 11) is 0. The van der Waals surface area contributed by atoms with E-state index in [9.17, 15) is 5.11 Å². The van der Waals surface area contributed by atoms with Crippen LogP contribution in [0.15, 0.2) is 30.6 Å². The predicted octanol–water partition coefficient (Wildman–Crippen LogP) is 2.19. The Balaban J connectivity index is 2.02. The molecule has 0 saturated carbocycles. The molecule has 6 heteroatoms. The molecule has 0 amide bonds. The van der Waals surface area contributed by atoms with E-state index in [2.05, 4.69) is 18.8 Å². The molecule has 118 valence electrons. The van der Waals surface area contributed by atoms with Crippen molar-refractivity contribution in [3.63, 3.8) is 0 Å². The summed E-state index contributed by atoms with van der Waals surface area (Å²) in [6.45, 7) is 4.38. The highest BCUT2D eigenvalue weighted by molar-refractivity contribution is 5.36. The Morgan fingerprint density at radius 2 is 2.00 bits per heavy atom. The summed E-state index contributed by atoms with van der Waals surface area (Å²) in [5.74, 6) is 1.06. The first-order valence-corrected chi connectivity index (χ1v) is 7.32. The molecule has 1 aromatic heterocycles. The maximum atomic E-state index is 10.1. The molecule has 1 heterocycles. The number of aliphatic hydroxyl groups is 1. The summed E-state index contributed by atoms with van der Waals surface area (Å²) in [4.78, 5) is 3.84. The molecule has 0 aliphatic rings. The average molecular weight is 310 g/mol. The second-order valence-electron chi connectivity index (χ2n) is 5.48. The molecular weight excluding hydrogens is 292 g/mol. The van der Waals surface area contributed by atoms with E-state index in [4.69, 9.17) is 15.3 Å². The summed E-state index contributed by atoms with van der Waals surface area (Å²) in [5, 5.41) is 28.1. The van der Waals surface area contributed by atoms with Crippen molar-refractivity contribution >= 4 is 0 Å². The molecular formula is C17H18N4O2. The average Bonchev–Trinajstić information content (AvgIpc) is 2.94. The van der Waals surface area contributed by atoms with Crippen LogP contribution in [-0.4, -0.2) is 27.4 Å². The van der Waals surface area contributed by atoms with Crippen molar-refractivity contribution in [1.82, 2.24) is 9.55 Å². The van der Waals surface area contributed by atoms with Crippen molar-refractivity contribution in [3.8, 4) is 17.9 Å². The molecule has 0 saturated heterocycles. The minimum Gasteiger partial charge on any atom is -0.491 e. The number of imidazole rings is 1. The third kappa shape index (κ3) is 3.88. The fourth-order valence-corrected chi connectivity index (χ4v) is 2.27. The van der Waals surface area contributed by atoms with Gasteiger partial charge >= 0.3 is 0 Å². The third-order valence-electron chi connectivity index (χ3n) is 3.43. The largest absolute Gasteiger partial charge is 0.491 e. The van der Waals surface area contributed by atoms with Gasteiger partial charge in [-0.3, -0.25) is 0 Å². The van der Waals surface area contributed by atoms with E-state index < -0.39 is 6.10 Å². The minimum absolute atomic E-state index is 0.0609. The van der Waals surface area contributed by atoms with E-state index in [1.165, 1.54) is 10.9 Å². The number of ether oxygens (including phenoxy) is 1. The highest BCUT2D eigenvalue weighted by Crippen LogP contribution is 2.25. The van der Waals surface area contributed by atoms with Crippen LogP contribution in [0.1, 0.15) is 36.7 Å². The summed E-state index contributed by atoms with van der Waals surface area (Å²) < 4.78 is 7.17. The molecule has 0 radical (unpaired) electrons. The highest BCUT2D eigenvalue weighted by atomic mass is 16.5. The second kappa shape index (κ2) is 7.44. The Morgan fingerprint density at radius 3 is 2.65 bits per heavy atom. The number of benzene rings is 1. The Hall–Kier alpha value is -2.83. The van der Waals surface area contributed by atoms with Gasteiger partial charge in [0.25, 0.3) is 0 Å². The van der Waals surface area contributed by atoms with Gasteiger partial charge in [0.2, 0.25) is 0 Å². The lowest BCUT2D eigenvalue weighted by atomic mass is 10.0. The molecule has 0 bridgehead atoms. The molecule has 2 rings (SSSR count). The number of rotatable bonds is 6. The van der Waals surface area contributed by atoms with Crippen LogP contribution < -0.4 is 4.74 Å². The lowest BCUT2D eigenvalue weighted by Gasteiger charge is -2.17. The molecule has 0 aliphatic carbocycles. The number of nitriles is 2. The van der Waals surface area contributed by atoms with Gasteiger partial charge in [0, 0.05) is 0 Å². The predicted molar refractivity (Wildman–Crippen MR) is 83.7 cm³/mol. The first-order chi connectivity index (χ1) is 11.1. The van der Waals surface area contributed by atoms with Crippen LogP contribution in [0, 0.1) is 22.7 Å². The first kappa shape index (κ1) is 16.5. The minimum atomic E-state index is -0.817. The van der Waals surface area contributed by atoms with Gasteiger partial charge in [-0.2, -0.15) is 10.5 Å². The van der Waals surface area contributed by atoms with Gasteiger partial charge in [-0.05, 0) is 17.5 Å². The number of para-hydroxylation sites is 1. The highest BCUT2D eigenvalue weighted by Gasteiger charge is 2.15. The number of hydrogen-bond donors (Lipinski definition) is 1. The fourth-order valence-electron chi connectivity index (χ4n) is 2.27. The van der Waals surface area contributed by atoms with Gasteiger partial charge in [-0.1, -0.05) is 32.0 Å². The van der Waals surface area contributed by atoms with E-state index in [-0.39, 0.29) is 24.5 Å². The number of aromatic nitrogens is 2. The summed E-state index contributed by atoms with van der Waals surface area (Å²) >= 11 is 0. The maximum absolute atomic E-state index is 10.1. The maximum Gasteiger partial charge on any atom is 0.176 e. The number of nitrogens with zero attached hydrogens (tertiary/aromatic N) is 4. The van der Waals surface area contributed by atoms with Crippen LogP contribution in [0.5, 0.6) is 5.75 Å². The first-order valence-electron chi connectivity index (χ1n) is 7.32. The SMILES string of the molecule is CC(C)c1ccccc1OCC(O)Cn1cnc(C#N)c1C#N. The smallest absolute Gasteiger partial charge is 0.176 e. The Labute approximate surface area is 135 Å². The monoisotopic (exact) mass is 310 g/mol. The van der Waals surface area contributed by atoms with Gasteiger partial charge in [0.1, 0.15) is 30.6 Å². The zero-order valence-corrected chi connectivity index (χ0v) is 13.1. The van der Waals surface area contributed by atoms with E-state index in [0.29, 0.717) is 5.92 Å². The van der Waals surface area contributed by atoms with Gasteiger partial charge in [0.15, 0.2) is 11.4 Å². The molecule has 1 unspecified atom stereocenters. The lowest BCUT2D eigenvalue weighted by molar-refractivity contribution is 0.0916. The molecule has 1 N–H and O–H groups in total. The Bertz CT molecular complexity index is 753. The lowest BCUT2D eigenvalue weighted by Crippen LogP contribution is -2.24. The van der Waals surface area contributed by atoms with E-state index in [0.717, 1.165) is 11.3 Å². The van der Waals surface area contributed by atoms with Crippen molar-refractivity contribution in [1.29, 1.82) is 10.5 Å². The van der Waals surface area contributed by atoms with Crippen molar-refractivity contribution in [2.24, 2.45) is 0 Å². The standard InChI is InChI=1S/C17H18N4O2/c1-12(2)14-5-3-4-6-17(14)23-10-13(22)9-21-11-20-15(7-18)16(21)8-19/h3-6,11-13,22H,9-10H2,1-2H3. The number of hydrogen-bond acceptors (Lipinski definition) is 5. The fraction of sp³-hybridized carbons (Fsp3) is 0.353. The molecule has 6 nitrogen and oxygen atoms in total. The van der Waals surface area contributed by atoms with Gasteiger partial charge in [-0.25, -0.2) is 4.98 Å². The topological polar surface area (TPSA) is 94.9 Å². The normalized spacial score (nSPS) is 11.7. The molecule has 0 aliphatic heterocycles. The summed E-state index contributed by atoms with van der Waals surface area (Å²) in [6.07, 6.45) is 0.561. The summed E-state index contributed by atoms with van der Waals surface area (Å²) in [5.41, 5.74) is 1.28. The van der Waals surface area contributed by atoms with Crippen molar-refractivity contribution in [2.75, 3.05) is 6.61 Å². The van der Waals surface area contributed by atoms with Gasteiger partial charge < -0.3 is 14.4 Å². The third-order valence-corrected chi connectivity index (χ3v) is 3.43. The molecule has 0 fully saturated rings. The molecule has 2 aromatic rings. The van der Waals surface area contributed by atoms with Crippen LogP contribution in [0.25, 0.3) is 0 Å².